The summed E-state index contributed by atoms with van der Waals surface area (Å²) >= 11 is 0. The van der Waals surface area contributed by atoms with Gasteiger partial charge in [-0.3, -0.25) is 14.6 Å². The second-order valence-electron chi connectivity index (χ2n) is 9.78. The van der Waals surface area contributed by atoms with Gasteiger partial charge in [-0.2, -0.15) is 0 Å². The van der Waals surface area contributed by atoms with Gasteiger partial charge in [0.25, 0.3) is 0 Å². The normalized spacial score (nSPS) is 20.2. The fourth-order valence-corrected chi connectivity index (χ4v) is 4.67. The fraction of sp³-hybridized carbons (Fsp3) is 0.385. The number of allylic oxidation sites excluding steroid dienone is 2. The molecule has 1 saturated carbocycles. The van der Waals surface area contributed by atoms with Crippen LogP contribution in [-0.2, 0) is 20.4 Å². The monoisotopic (exact) mass is 416 g/mol. The standard InChI is InChI=1S/C26H28N2O3/c1-15-12-18-19(26(4,5)11-10-25(18,2)3)13-17(15)24(28-31)20-7-6-16(14-27-20)23-21(29)8-9-22(23)30/h6-7,10-14,23,31H,8-9H2,1-5H3/b28-24-. The predicted molar refractivity (Wildman–Crippen MR) is 120 cm³/mol. The van der Waals surface area contributed by atoms with Crippen LogP contribution in [0.25, 0.3) is 0 Å². The molecule has 1 fully saturated rings. The molecule has 4 rings (SSSR count). The van der Waals surface area contributed by atoms with Gasteiger partial charge >= 0.3 is 0 Å². The summed E-state index contributed by atoms with van der Waals surface area (Å²) in [7, 11) is 0. The molecule has 1 aromatic carbocycles. The van der Waals surface area contributed by atoms with Crippen LogP contribution >= 0.6 is 0 Å². The van der Waals surface area contributed by atoms with Crippen molar-refractivity contribution in [2.45, 2.75) is 64.2 Å². The van der Waals surface area contributed by atoms with Crippen molar-refractivity contribution in [2.24, 2.45) is 5.16 Å². The number of fused-ring (bicyclic) bond motifs is 1. The van der Waals surface area contributed by atoms with E-state index < -0.39 is 5.92 Å². The minimum Gasteiger partial charge on any atom is -0.410 e. The van der Waals surface area contributed by atoms with Crippen LogP contribution < -0.4 is 0 Å². The maximum atomic E-state index is 12.1. The zero-order valence-corrected chi connectivity index (χ0v) is 18.7. The maximum Gasteiger partial charge on any atom is 0.148 e. The Bertz CT molecular complexity index is 1120. The summed E-state index contributed by atoms with van der Waals surface area (Å²) in [6.45, 7) is 10.8. The van der Waals surface area contributed by atoms with Gasteiger partial charge in [-0.1, -0.05) is 57.1 Å². The molecule has 2 aromatic rings. The Hall–Kier alpha value is -3.08. The highest BCUT2D eigenvalue weighted by Crippen LogP contribution is 2.42. The van der Waals surface area contributed by atoms with E-state index in [1.807, 2.05) is 6.92 Å². The summed E-state index contributed by atoms with van der Waals surface area (Å²) in [4.78, 5) is 28.6. The van der Waals surface area contributed by atoms with E-state index in [2.05, 4.69) is 62.1 Å². The second-order valence-corrected chi connectivity index (χ2v) is 9.78. The van der Waals surface area contributed by atoms with Crippen LogP contribution in [0.15, 0.2) is 47.8 Å². The fourth-order valence-electron chi connectivity index (χ4n) is 4.67. The van der Waals surface area contributed by atoms with E-state index in [9.17, 15) is 14.8 Å². The third kappa shape index (κ3) is 3.52. The zero-order valence-electron chi connectivity index (χ0n) is 18.7. The minimum atomic E-state index is -0.712. The van der Waals surface area contributed by atoms with Crippen LogP contribution in [0.5, 0.6) is 0 Å². The van der Waals surface area contributed by atoms with E-state index in [0.717, 1.165) is 11.1 Å². The summed E-state index contributed by atoms with van der Waals surface area (Å²) in [5, 5.41) is 13.5. The molecule has 0 saturated heterocycles. The molecule has 0 bridgehead atoms. The third-order valence-corrected chi connectivity index (χ3v) is 6.65. The lowest BCUT2D eigenvalue weighted by Crippen LogP contribution is -2.30. The number of aryl methyl sites for hydroxylation is 1. The average molecular weight is 417 g/mol. The number of benzene rings is 1. The van der Waals surface area contributed by atoms with Gasteiger partial charge in [0.1, 0.15) is 23.2 Å². The number of hydrogen-bond acceptors (Lipinski definition) is 5. The lowest BCUT2D eigenvalue weighted by Gasteiger charge is -2.37. The van der Waals surface area contributed by atoms with E-state index in [0.29, 0.717) is 29.8 Å². The van der Waals surface area contributed by atoms with Crippen LogP contribution in [0.4, 0.5) is 0 Å². The zero-order chi connectivity index (χ0) is 22.6. The van der Waals surface area contributed by atoms with Gasteiger partial charge in [-0.05, 0) is 41.3 Å². The predicted octanol–water partition coefficient (Wildman–Crippen LogP) is 4.76. The van der Waals surface area contributed by atoms with Crippen molar-refractivity contribution in [3.63, 3.8) is 0 Å². The molecular weight excluding hydrogens is 388 g/mol. The van der Waals surface area contributed by atoms with Crippen molar-refractivity contribution in [1.82, 2.24) is 4.98 Å². The minimum absolute atomic E-state index is 0.0565. The number of pyridine rings is 1. The first-order valence-electron chi connectivity index (χ1n) is 10.7. The summed E-state index contributed by atoms with van der Waals surface area (Å²) in [6, 6.07) is 7.73. The molecule has 31 heavy (non-hydrogen) atoms. The molecular formula is C26H28N2O3. The number of Topliss-reactive ketones (excluding diaryl/α,β-unsaturated/α-hetero) is 2. The summed E-state index contributed by atoms with van der Waals surface area (Å²) in [5.74, 6) is -0.825. The summed E-state index contributed by atoms with van der Waals surface area (Å²) in [6.07, 6.45) is 6.62. The van der Waals surface area contributed by atoms with Gasteiger partial charge in [0.2, 0.25) is 0 Å². The summed E-state index contributed by atoms with van der Waals surface area (Å²) in [5.41, 5.74) is 5.52. The molecule has 1 aromatic heterocycles. The van der Waals surface area contributed by atoms with Crippen molar-refractivity contribution in [3.8, 4) is 0 Å². The van der Waals surface area contributed by atoms with Gasteiger partial charge < -0.3 is 5.21 Å². The number of ketones is 2. The van der Waals surface area contributed by atoms with E-state index in [1.165, 1.54) is 11.1 Å². The Morgan fingerprint density at radius 2 is 1.58 bits per heavy atom. The van der Waals surface area contributed by atoms with Crippen LogP contribution in [0.2, 0.25) is 0 Å². The molecule has 0 spiro atoms. The van der Waals surface area contributed by atoms with Crippen molar-refractivity contribution in [1.29, 1.82) is 0 Å². The number of aromatic nitrogens is 1. The number of oxime groups is 1. The van der Waals surface area contributed by atoms with Crippen molar-refractivity contribution < 1.29 is 14.8 Å². The van der Waals surface area contributed by atoms with E-state index in [-0.39, 0.29) is 22.4 Å². The molecule has 160 valence electrons. The summed E-state index contributed by atoms with van der Waals surface area (Å²) < 4.78 is 0. The number of carbonyl (C=O) groups excluding carboxylic acids is 2. The second kappa shape index (κ2) is 7.26. The Morgan fingerprint density at radius 3 is 2.10 bits per heavy atom. The highest BCUT2D eigenvalue weighted by Gasteiger charge is 2.35. The van der Waals surface area contributed by atoms with Crippen LogP contribution in [0.1, 0.15) is 80.0 Å². The molecule has 0 radical (unpaired) electrons. The van der Waals surface area contributed by atoms with Crippen molar-refractivity contribution in [3.05, 3.63) is 76.1 Å². The molecule has 0 amide bonds. The SMILES string of the molecule is Cc1cc2c(cc1/C(=N/O)c1ccc(C3C(=O)CCC3=O)cn1)C(C)(C)C=CC2(C)C. The molecule has 5 nitrogen and oxygen atoms in total. The lowest BCUT2D eigenvalue weighted by molar-refractivity contribution is -0.123. The smallest absolute Gasteiger partial charge is 0.148 e. The van der Waals surface area contributed by atoms with Gasteiger partial charge in [0, 0.05) is 35.4 Å². The Kier molecular flexibility index (Phi) is 4.95. The molecule has 0 unspecified atom stereocenters. The first kappa shape index (κ1) is 21.2. The number of nitrogens with zero attached hydrogens (tertiary/aromatic N) is 2. The van der Waals surface area contributed by atoms with Crippen LogP contribution in [0, 0.1) is 6.92 Å². The Morgan fingerprint density at radius 1 is 1.00 bits per heavy atom. The quantitative estimate of drug-likeness (QED) is 0.257. The molecule has 2 aliphatic carbocycles. The highest BCUT2D eigenvalue weighted by atomic mass is 16.4. The molecule has 0 aliphatic heterocycles. The molecule has 2 aliphatic rings. The van der Waals surface area contributed by atoms with Crippen LogP contribution in [-0.4, -0.2) is 27.5 Å². The van der Waals surface area contributed by atoms with E-state index in [4.69, 9.17) is 0 Å². The number of hydrogen-bond donors (Lipinski definition) is 1. The van der Waals surface area contributed by atoms with Crippen LogP contribution in [0.3, 0.4) is 0 Å². The van der Waals surface area contributed by atoms with Gasteiger partial charge in [-0.15, -0.1) is 0 Å². The molecule has 0 atom stereocenters. The Labute approximate surface area is 182 Å². The third-order valence-electron chi connectivity index (χ3n) is 6.65. The highest BCUT2D eigenvalue weighted by molar-refractivity contribution is 6.14. The first-order valence-corrected chi connectivity index (χ1v) is 10.7. The maximum absolute atomic E-state index is 12.1. The largest absolute Gasteiger partial charge is 0.410 e. The van der Waals surface area contributed by atoms with Gasteiger partial charge in [0.05, 0.1) is 5.69 Å². The van der Waals surface area contributed by atoms with Gasteiger partial charge in [0.15, 0.2) is 0 Å². The number of rotatable bonds is 3. The van der Waals surface area contributed by atoms with E-state index in [1.54, 1.807) is 18.3 Å². The number of carbonyl (C=O) groups is 2. The van der Waals surface area contributed by atoms with Gasteiger partial charge in [-0.25, -0.2) is 0 Å². The molecule has 1 N–H and O–H groups in total. The lowest BCUT2D eigenvalue weighted by atomic mass is 9.67. The van der Waals surface area contributed by atoms with E-state index >= 15 is 0 Å². The first-order chi connectivity index (χ1) is 14.5. The molecule has 5 heteroatoms. The van der Waals surface area contributed by atoms with Crippen molar-refractivity contribution >= 4 is 17.3 Å². The Balaban J connectivity index is 1.76. The average Bonchev–Trinajstić information content (AvgIpc) is 3.06. The van der Waals surface area contributed by atoms with Crippen molar-refractivity contribution in [2.75, 3.05) is 0 Å². The topological polar surface area (TPSA) is 79.6 Å². The molecule has 1 heterocycles.